The van der Waals surface area contributed by atoms with E-state index in [4.69, 9.17) is 10.3 Å². The van der Waals surface area contributed by atoms with Crippen LogP contribution in [-0.2, 0) is 5.54 Å². The fourth-order valence-electron chi connectivity index (χ4n) is 1.98. The molecule has 94 valence electrons. The Labute approximate surface area is 117 Å². The van der Waals surface area contributed by atoms with E-state index < -0.39 is 5.54 Å². The quantitative estimate of drug-likeness (QED) is 0.838. The van der Waals surface area contributed by atoms with E-state index in [1.54, 1.807) is 6.07 Å². The topological polar surface area (TPSA) is 64.9 Å². The lowest BCUT2D eigenvalue weighted by molar-refractivity contribution is 0.229. The highest BCUT2D eigenvalue weighted by Gasteiger charge is 2.39. The van der Waals surface area contributed by atoms with Gasteiger partial charge in [-0.3, -0.25) is 0 Å². The van der Waals surface area contributed by atoms with E-state index in [2.05, 4.69) is 32.7 Å². The van der Waals surface area contributed by atoms with Crippen molar-refractivity contribution in [3.05, 3.63) is 33.4 Å². The minimum absolute atomic E-state index is 0.323. The van der Waals surface area contributed by atoms with Crippen LogP contribution < -0.4 is 5.73 Å². The third-order valence-electron chi connectivity index (χ3n) is 3.28. The van der Waals surface area contributed by atoms with Crippen molar-refractivity contribution >= 4 is 22.6 Å². The summed E-state index contributed by atoms with van der Waals surface area (Å²) in [5.74, 6) is 0.519. The zero-order chi connectivity index (χ0) is 12.8. The molecule has 4 nitrogen and oxygen atoms in total. The second-order valence-electron chi connectivity index (χ2n) is 4.56. The second-order valence-corrected chi connectivity index (χ2v) is 5.72. The molecule has 2 aromatic rings. The van der Waals surface area contributed by atoms with Crippen LogP contribution in [0.4, 0.5) is 4.39 Å². The van der Waals surface area contributed by atoms with Crippen LogP contribution in [-0.4, -0.2) is 10.1 Å². The summed E-state index contributed by atoms with van der Waals surface area (Å²) in [6.07, 6.45) is 2.82. The van der Waals surface area contributed by atoms with Gasteiger partial charge in [0.15, 0.2) is 5.82 Å². The first-order chi connectivity index (χ1) is 8.58. The smallest absolute Gasteiger partial charge is 0.259 e. The van der Waals surface area contributed by atoms with Crippen molar-refractivity contribution in [2.45, 2.75) is 24.8 Å². The number of aromatic nitrogens is 2. The van der Waals surface area contributed by atoms with Crippen LogP contribution >= 0.6 is 22.6 Å². The molecular formula is C12H11FIN3O. The van der Waals surface area contributed by atoms with Gasteiger partial charge in [0.1, 0.15) is 5.82 Å². The zero-order valence-corrected chi connectivity index (χ0v) is 11.6. The van der Waals surface area contributed by atoms with Crippen molar-refractivity contribution in [1.82, 2.24) is 10.1 Å². The summed E-state index contributed by atoms with van der Waals surface area (Å²) in [6.45, 7) is 0. The van der Waals surface area contributed by atoms with Crippen LogP contribution in [0.2, 0.25) is 0 Å². The summed E-state index contributed by atoms with van der Waals surface area (Å²) in [5.41, 5.74) is 6.27. The molecule has 1 saturated carbocycles. The van der Waals surface area contributed by atoms with Gasteiger partial charge in [0.25, 0.3) is 5.89 Å². The first kappa shape index (κ1) is 12.0. The van der Waals surface area contributed by atoms with E-state index in [1.165, 1.54) is 12.1 Å². The zero-order valence-electron chi connectivity index (χ0n) is 9.49. The molecule has 2 N–H and O–H groups in total. The van der Waals surface area contributed by atoms with Crippen molar-refractivity contribution in [2.24, 2.45) is 5.73 Å². The van der Waals surface area contributed by atoms with Gasteiger partial charge in [-0.1, -0.05) is 5.16 Å². The number of nitrogens with two attached hydrogens (primary N) is 1. The Bertz CT molecular complexity index is 595. The first-order valence-electron chi connectivity index (χ1n) is 5.67. The number of hydrogen-bond acceptors (Lipinski definition) is 4. The number of benzene rings is 1. The van der Waals surface area contributed by atoms with Gasteiger partial charge >= 0.3 is 0 Å². The maximum atomic E-state index is 13.2. The highest BCUT2D eigenvalue weighted by Crippen LogP contribution is 2.38. The van der Waals surface area contributed by atoms with Gasteiger partial charge in [-0.15, -0.1) is 0 Å². The molecule has 1 aliphatic rings. The molecule has 1 aromatic heterocycles. The molecule has 0 radical (unpaired) electrons. The predicted molar refractivity (Wildman–Crippen MR) is 72.1 cm³/mol. The number of halogens is 2. The summed E-state index contributed by atoms with van der Waals surface area (Å²) in [6, 6.07) is 4.47. The lowest BCUT2D eigenvalue weighted by Crippen LogP contribution is -2.44. The van der Waals surface area contributed by atoms with E-state index in [0.717, 1.165) is 22.8 Å². The Morgan fingerprint density at radius 1 is 1.39 bits per heavy atom. The highest BCUT2D eigenvalue weighted by atomic mass is 127. The third kappa shape index (κ3) is 1.93. The van der Waals surface area contributed by atoms with E-state index in [9.17, 15) is 4.39 Å². The number of rotatable bonds is 2. The van der Waals surface area contributed by atoms with Crippen LogP contribution in [0.15, 0.2) is 22.7 Å². The van der Waals surface area contributed by atoms with Gasteiger partial charge in [-0.2, -0.15) is 4.98 Å². The summed E-state index contributed by atoms with van der Waals surface area (Å²) in [4.78, 5) is 4.30. The molecule has 0 bridgehead atoms. The standard InChI is InChI=1S/C12H11FIN3O/c13-7-2-3-9(14)8(6-7)10-16-11(17-18-10)12(15)4-1-5-12/h2-3,6H,1,4-5,15H2. The van der Waals surface area contributed by atoms with E-state index in [0.29, 0.717) is 17.3 Å². The summed E-state index contributed by atoms with van der Waals surface area (Å²) in [7, 11) is 0. The third-order valence-corrected chi connectivity index (χ3v) is 4.22. The van der Waals surface area contributed by atoms with Crippen molar-refractivity contribution in [3.8, 4) is 11.5 Å². The lowest BCUT2D eigenvalue weighted by atomic mass is 9.77. The Hall–Kier alpha value is -1.02. The maximum Gasteiger partial charge on any atom is 0.259 e. The van der Waals surface area contributed by atoms with Crippen LogP contribution in [0.1, 0.15) is 25.1 Å². The average Bonchev–Trinajstić information content (AvgIpc) is 2.79. The van der Waals surface area contributed by atoms with E-state index >= 15 is 0 Å². The monoisotopic (exact) mass is 359 g/mol. The van der Waals surface area contributed by atoms with Gasteiger partial charge in [0.05, 0.1) is 11.1 Å². The number of hydrogen-bond donors (Lipinski definition) is 1. The molecule has 1 aliphatic carbocycles. The molecule has 6 heteroatoms. The minimum atomic E-state index is -0.458. The summed E-state index contributed by atoms with van der Waals surface area (Å²) in [5, 5.41) is 3.92. The largest absolute Gasteiger partial charge is 0.334 e. The first-order valence-corrected chi connectivity index (χ1v) is 6.75. The molecule has 1 aromatic carbocycles. The van der Waals surface area contributed by atoms with Crippen molar-refractivity contribution < 1.29 is 8.91 Å². The van der Waals surface area contributed by atoms with Crippen molar-refractivity contribution in [1.29, 1.82) is 0 Å². The molecule has 0 saturated heterocycles. The van der Waals surface area contributed by atoms with Crippen LogP contribution in [0.5, 0.6) is 0 Å². The molecule has 1 heterocycles. The second kappa shape index (κ2) is 4.27. The summed E-state index contributed by atoms with van der Waals surface area (Å²) >= 11 is 2.11. The van der Waals surface area contributed by atoms with Gasteiger partial charge in [0.2, 0.25) is 0 Å². The van der Waals surface area contributed by atoms with Crippen LogP contribution in [0.25, 0.3) is 11.5 Å². The lowest BCUT2D eigenvalue weighted by Gasteiger charge is -2.34. The van der Waals surface area contributed by atoms with Gasteiger partial charge in [0, 0.05) is 3.57 Å². The molecular weight excluding hydrogens is 348 g/mol. The SMILES string of the molecule is NC1(c2noc(-c3cc(F)ccc3I)n2)CCC1. The van der Waals surface area contributed by atoms with E-state index in [1.807, 2.05) is 0 Å². The Morgan fingerprint density at radius 2 is 2.17 bits per heavy atom. The van der Waals surface area contributed by atoms with E-state index in [-0.39, 0.29) is 5.82 Å². The van der Waals surface area contributed by atoms with Crippen molar-refractivity contribution in [2.75, 3.05) is 0 Å². The van der Waals surface area contributed by atoms with Crippen LogP contribution in [0, 0.1) is 9.39 Å². The molecule has 0 unspecified atom stereocenters. The molecule has 0 aliphatic heterocycles. The maximum absolute atomic E-state index is 13.2. The molecule has 1 fully saturated rings. The number of nitrogens with zero attached hydrogens (tertiary/aromatic N) is 2. The predicted octanol–water partition coefficient (Wildman–Crippen LogP) is 2.82. The van der Waals surface area contributed by atoms with Gasteiger partial charge in [-0.05, 0) is 60.1 Å². The summed E-state index contributed by atoms with van der Waals surface area (Å²) < 4.78 is 19.3. The molecule has 3 rings (SSSR count). The van der Waals surface area contributed by atoms with Crippen LogP contribution in [0.3, 0.4) is 0 Å². The Kier molecular flexibility index (Phi) is 2.86. The Balaban J connectivity index is 2.00. The normalized spacial score (nSPS) is 17.5. The highest BCUT2D eigenvalue weighted by molar-refractivity contribution is 14.1. The minimum Gasteiger partial charge on any atom is -0.334 e. The fraction of sp³-hybridized carbons (Fsp3) is 0.333. The molecule has 0 atom stereocenters. The van der Waals surface area contributed by atoms with Crippen molar-refractivity contribution in [3.63, 3.8) is 0 Å². The molecule has 0 spiro atoms. The average molecular weight is 359 g/mol. The fourth-order valence-corrected chi connectivity index (χ4v) is 2.54. The molecule has 18 heavy (non-hydrogen) atoms. The Morgan fingerprint density at radius 3 is 2.83 bits per heavy atom. The van der Waals surface area contributed by atoms with Gasteiger partial charge in [-0.25, -0.2) is 4.39 Å². The van der Waals surface area contributed by atoms with Gasteiger partial charge < -0.3 is 10.3 Å². The molecule has 0 amide bonds.